The second-order valence-corrected chi connectivity index (χ2v) is 5.32. The molecule has 2 rings (SSSR count). The van der Waals surface area contributed by atoms with E-state index in [1.807, 2.05) is 0 Å². The summed E-state index contributed by atoms with van der Waals surface area (Å²) in [6.45, 7) is 0. The molecule has 1 amide bonds. The van der Waals surface area contributed by atoms with Crippen LogP contribution < -0.4 is 10.1 Å². The number of anilines is 1. The number of aromatic nitrogens is 2. The van der Waals surface area contributed by atoms with Crippen molar-refractivity contribution in [2.45, 2.75) is 0 Å². The van der Waals surface area contributed by atoms with Gasteiger partial charge < -0.3 is 4.74 Å². The molecule has 0 saturated carbocycles. The van der Waals surface area contributed by atoms with Gasteiger partial charge in [-0.2, -0.15) is 0 Å². The second-order valence-electron chi connectivity index (χ2n) is 3.22. The summed E-state index contributed by atoms with van der Waals surface area (Å²) in [4.78, 5) is 12.0. The largest absolute Gasteiger partial charge is 0.496 e. The van der Waals surface area contributed by atoms with Crippen LogP contribution in [0.25, 0.3) is 0 Å². The van der Waals surface area contributed by atoms with Crippen molar-refractivity contribution in [2.24, 2.45) is 0 Å². The number of nitrogens with zero attached hydrogens (tertiary/aromatic N) is 1. The Morgan fingerprint density at radius 1 is 1.61 bits per heavy atom. The van der Waals surface area contributed by atoms with Crippen molar-refractivity contribution < 1.29 is 9.53 Å². The number of hydrogen-bond acceptors (Lipinski definition) is 5. The molecule has 18 heavy (non-hydrogen) atoms. The lowest BCUT2D eigenvalue weighted by Crippen LogP contribution is -2.13. The number of halogens is 1. The quantitative estimate of drug-likeness (QED) is 0.855. The summed E-state index contributed by atoms with van der Waals surface area (Å²) in [5.74, 6) is 0.0862. The fourth-order valence-corrected chi connectivity index (χ4v) is 2.26. The molecule has 0 spiro atoms. The summed E-state index contributed by atoms with van der Waals surface area (Å²) in [5, 5.41) is 9.88. The lowest BCUT2D eigenvalue weighted by Gasteiger charge is -2.07. The number of rotatable bonds is 3. The summed E-state index contributed by atoms with van der Waals surface area (Å²) >= 11 is 11.9. The van der Waals surface area contributed by atoms with Gasteiger partial charge in [0.05, 0.1) is 12.7 Å². The second kappa shape index (κ2) is 5.47. The Hall–Kier alpha value is -1.44. The zero-order valence-electron chi connectivity index (χ0n) is 9.19. The first kappa shape index (κ1) is 13.0. The van der Waals surface area contributed by atoms with Crippen molar-refractivity contribution in [3.05, 3.63) is 32.7 Å². The van der Waals surface area contributed by atoms with Crippen molar-refractivity contribution >= 4 is 46.2 Å². The molecule has 0 atom stereocenters. The Balaban J connectivity index is 2.28. The van der Waals surface area contributed by atoms with E-state index in [9.17, 15) is 4.79 Å². The number of carbonyl (C=O) groups excluding carboxylic acids is 1. The maximum atomic E-state index is 12.0. The van der Waals surface area contributed by atoms with Crippen molar-refractivity contribution in [2.75, 3.05) is 12.4 Å². The van der Waals surface area contributed by atoms with Crippen LogP contribution >= 0.6 is 35.2 Å². The van der Waals surface area contributed by atoms with Gasteiger partial charge in [-0.15, -0.1) is 5.10 Å². The van der Waals surface area contributed by atoms with Crippen LogP contribution in [0.15, 0.2) is 18.2 Å². The van der Waals surface area contributed by atoms with Gasteiger partial charge in [0.1, 0.15) is 5.75 Å². The highest BCUT2D eigenvalue weighted by Gasteiger charge is 2.14. The molecule has 2 N–H and O–H groups in total. The molecule has 5 nitrogen and oxygen atoms in total. The minimum Gasteiger partial charge on any atom is -0.496 e. The molecule has 0 aliphatic rings. The minimum absolute atomic E-state index is 0.339. The van der Waals surface area contributed by atoms with E-state index in [2.05, 4.69) is 15.5 Å². The predicted molar refractivity (Wildman–Crippen MR) is 73.3 cm³/mol. The maximum Gasteiger partial charge on any atom is 0.261 e. The minimum atomic E-state index is -0.355. The molecule has 0 fully saturated rings. The number of methoxy groups -OCH3 is 1. The highest BCUT2D eigenvalue weighted by molar-refractivity contribution is 7.73. The van der Waals surface area contributed by atoms with Gasteiger partial charge in [0.2, 0.25) is 5.13 Å². The molecule has 0 bridgehead atoms. The van der Waals surface area contributed by atoms with Crippen LogP contribution in [0.2, 0.25) is 5.02 Å². The SMILES string of the molecule is COc1ccc(Cl)cc1C(=O)Nc1n[nH]c(=S)s1. The molecule has 0 radical (unpaired) electrons. The predicted octanol–water partition coefficient (Wildman–Crippen LogP) is 3.11. The summed E-state index contributed by atoms with van der Waals surface area (Å²) in [7, 11) is 1.48. The topological polar surface area (TPSA) is 67.0 Å². The fraction of sp³-hybridized carbons (Fsp3) is 0.100. The van der Waals surface area contributed by atoms with Gasteiger partial charge in [0.25, 0.3) is 5.91 Å². The van der Waals surface area contributed by atoms with E-state index in [1.165, 1.54) is 24.5 Å². The fourth-order valence-electron chi connectivity index (χ4n) is 1.31. The molecular formula is C10H8ClN3O2S2. The van der Waals surface area contributed by atoms with Crippen molar-refractivity contribution in [3.63, 3.8) is 0 Å². The number of nitrogens with one attached hydrogen (secondary N) is 2. The van der Waals surface area contributed by atoms with Crippen molar-refractivity contribution in [1.82, 2.24) is 10.2 Å². The van der Waals surface area contributed by atoms with E-state index in [0.717, 1.165) is 0 Å². The number of hydrogen-bond donors (Lipinski definition) is 2. The Morgan fingerprint density at radius 3 is 3.00 bits per heavy atom. The van der Waals surface area contributed by atoms with Crippen LogP contribution in [-0.4, -0.2) is 23.2 Å². The Bertz CT molecular complexity index is 638. The molecule has 0 saturated heterocycles. The molecule has 0 aliphatic carbocycles. The molecular weight excluding hydrogens is 294 g/mol. The summed E-state index contributed by atoms with van der Waals surface area (Å²) in [6, 6.07) is 4.81. The van der Waals surface area contributed by atoms with Gasteiger partial charge in [0.15, 0.2) is 3.95 Å². The monoisotopic (exact) mass is 301 g/mol. The number of H-pyrrole nitrogens is 1. The first-order chi connectivity index (χ1) is 8.60. The van der Waals surface area contributed by atoms with Crippen LogP contribution in [0.5, 0.6) is 5.75 Å². The molecule has 1 heterocycles. The third-order valence-electron chi connectivity index (χ3n) is 2.06. The van der Waals surface area contributed by atoms with E-state index >= 15 is 0 Å². The molecule has 1 aromatic heterocycles. The number of amides is 1. The van der Waals surface area contributed by atoms with E-state index in [1.54, 1.807) is 12.1 Å². The summed E-state index contributed by atoms with van der Waals surface area (Å²) < 4.78 is 5.59. The van der Waals surface area contributed by atoms with Gasteiger partial charge in [0, 0.05) is 5.02 Å². The average Bonchev–Trinajstić information content (AvgIpc) is 2.74. The third kappa shape index (κ3) is 2.87. The van der Waals surface area contributed by atoms with E-state index in [4.69, 9.17) is 28.6 Å². The van der Waals surface area contributed by atoms with Gasteiger partial charge in [-0.25, -0.2) is 0 Å². The van der Waals surface area contributed by atoms with Crippen LogP contribution in [0.3, 0.4) is 0 Å². The summed E-state index contributed by atoms with van der Waals surface area (Å²) in [6.07, 6.45) is 0. The zero-order valence-corrected chi connectivity index (χ0v) is 11.6. The Kier molecular flexibility index (Phi) is 3.95. The zero-order chi connectivity index (χ0) is 13.1. The van der Waals surface area contributed by atoms with Crippen LogP contribution in [0, 0.1) is 3.95 Å². The molecule has 1 aromatic carbocycles. The molecule has 2 aromatic rings. The average molecular weight is 302 g/mol. The summed E-state index contributed by atoms with van der Waals surface area (Å²) in [5.41, 5.74) is 0.339. The van der Waals surface area contributed by atoms with E-state index < -0.39 is 0 Å². The van der Waals surface area contributed by atoms with Crippen LogP contribution in [0.1, 0.15) is 10.4 Å². The van der Waals surface area contributed by atoms with Gasteiger partial charge in [-0.05, 0) is 30.4 Å². The number of benzene rings is 1. The standard InChI is InChI=1S/C10H8ClN3O2S2/c1-16-7-3-2-5(11)4-6(7)8(15)12-9-13-14-10(17)18-9/h2-4H,1H3,(H,14,17)(H,12,13,15). The Labute approximate surface area is 117 Å². The smallest absolute Gasteiger partial charge is 0.261 e. The molecule has 94 valence electrons. The van der Waals surface area contributed by atoms with Gasteiger partial charge >= 0.3 is 0 Å². The van der Waals surface area contributed by atoms with Crippen molar-refractivity contribution in [1.29, 1.82) is 0 Å². The molecule has 0 aliphatic heterocycles. The lowest BCUT2D eigenvalue weighted by molar-refractivity contribution is 0.102. The van der Waals surface area contributed by atoms with Gasteiger partial charge in [-0.1, -0.05) is 22.9 Å². The number of carbonyl (C=O) groups is 1. The first-order valence-corrected chi connectivity index (χ1v) is 6.41. The number of ether oxygens (including phenoxy) is 1. The van der Waals surface area contributed by atoms with Crippen molar-refractivity contribution in [3.8, 4) is 5.75 Å². The van der Waals surface area contributed by atoms with Gasteiger partial charge in [-0.3, -0.25) is 15.2 Å². The highest BCUT2D eigenvalue weighted by atomic mass is 35.5. The normalized spacial score (nSPS) is 10.1. The third-order valence-corrected chi connectivity index (χ3v) is 3.30. The van der Waals surface area contributed by atoms with Crippen LogP contribution in [-0.2, 0) is 0 Å². The van der Waals surface area contributed by atoms with E-state index in [0.29, 0.717) is 25.4 Å². The first-order valence-electron chi connectivity index (χ1n) is 4.80. The Morgan fingerprint density at radius 2 is 2.39 bits per heavy atom. The lowest BCUT2D eigenvalue weighted by atomic mass is 10.2. The highest BCUT2D eigenvalue weighted by Crippen LogP contribution is 2.24. The maximum absolute atomic E-state index is 12.0. The molecule has 0 unspecified atom stereocenters. The molecule has 8 heteroatoms. The van der Waals surface area contributed by atoms with E-state index in [-0.39, 0.29) is 5.91 Å². The number of aromatic amines is 1. The van der Waals surface area contributed by atoms with Crippen LogP contribution in [0.4, 0.5) is 5.13 Å².